The number of fused-ring (bicyclic) bond motifs is 1. The Kier molecular flexibility index (Phi) is 4.46. The van der Waals surface area contributed by atoms with Gasteiger partial charge in [0.15, 0.2) is 0 Å². The molecular weight excluding hydrogens is 370 g/mol. The summed E-state index contributed by atoms with van der Waals surface area (Å²) >= 11 is 0. The largest absolute Gasteiger partial charge is 0.480 e. The summed E-state index contributed by atoms with van der Waals surface area (Å²) in [6.07, 6.45) is 6.28. The highest BCUT2D eigenvalue weighted by Crippen LogP contribution is 2.35. The van der Waals surface area contributed by atoms with Crippen LogP contribution in [0.25, 0.3) is 11.5 Å². The molecule has 1 aliphatic carbocycles. The van der Waals surface area contributed by atoms with Crippen LogP contribution in [-0.4, -0.2) is 44.6 Å². The van der Waals surface area contributed by atoms with E-state index in [2.05, 4.69) is 20.1 Å². The van der Waals surface area contributed by atoms with Gasteiger partial charge in [0.1, 0.15) is 17.3 Å². The predicted octanol–water partition coefficient (Wildman–Crippen LogP) is 3.00. The number of carbonyl (C=O) groups excluding carboxylic acids is 1. The molecule has 1 saturated heterocycles. The molecule has 2 aliphatic rings. The topological polar surface area (TPSA) is 94.2 Å². The zero-order valence-electron chi connectivity index (χ0n) is 16.2. The first-order chi connectivity index (χ1) is 14.2. The van der Waals surface area contributed by atoms with Gasteiger partial charge >= 0.3 is 0 Å². The van der Waals surface area contributed by atoms with Crippen LogP contribution >= 0.6 is 0 Å². The van der Waals surface area contributed by atoms with Crippen molar-refractivity contribution < 1.29 is 14.1 Å². The first-order valence-electron chi connectivity index (χ1n) is 9.87. The van der Waals surface area contributed by atoms with Gasteiger partial charge in [-0.1, -0.05) is 11.2 Å². The average molecular weight is 391 g/mol. The van der Waals surface area contributed by atoms with E-state index in [0.29, 0.717) is 35.4 Å². The van der Waals surface area contributed by atoms with Crippen molar-refractivity contribution in [2.24, 2.45) is 0 Å². The van der Waals surface area contributed by atoms with Crippen molar-refractivity contribution in [3.05, 3.63) is 53.2 Å². The smallest absolute Gasteiger partial charge is 0.260 e. The first-order valence-corrected chi connectivity index (χ1v) is 9.87. The zero-order valence-corrected chi connectivity index (χ0v) is 16.2. The van der Waals surface area contributed by atoms with Gasteiger partial charge in [0.05, 0.1) is 7.11 Å². The monoisotopic (exact) mass is 391 g/mol. The van der Waals surface area contributed by atoms with Crippen LogP contribution in [0.5, 0.6) is 5.88 Å². The maximum atomic E-state index is 13.4. The van der Waals surface area contributed by atoms with Crippen molar-refractivity contribution in [1.29, 1.82) is 0 Å². The van der Waals surface area contributed by atoms with E-state index in [1.54, 1.807) is 18.2 Å². The summed E-state index contributed by atoms with van der Waals surface area (Å²) < 4.78 is 10.9. The van der Waals surface area contributed by atoms with E-state index in [0.717, 1.165) is 43.4 Å². The molecule has 0 bridgehead atoms. The molecule has 1 amide bonds. The third kappa shape index (κ3) is 3.14. The van der Waals surface area contributed by atoms with Crippen LogP contribution < -0.4 is 4.74 Å². The number of pyridine rings is 2. The molecule has 29 heavy (non-hydrogen) atoms. The molecule has 3 aromatic heterocycles. The fourth-order valence-electron chi connectivity index (χ4n) is 4.15. The zero-order chi connectivity index (χ0) is 19.8. The van der Waals surface area contributed by atoms with Gasteiger partial charge in [-0.2, -0.15) is 4.98 Å². The Morgan fingerprint density at radius 3 is 3.00 bits per heavy atom. The lowest BCUT2D eigenvalue weighted by Crippen LogP contribution is -2.31. The Morgan fingerprint density at radius 2 is 2.17 bits per heavy atom. The first kappa shape index (κ1) is 17.8. The summed E-state index contributed by atoms with van der Waals surface area (Å²) in [5, 5.41) is 4.05. The van der Waals surface area contributed by atoms with Crippen molar-refractivity contribution in [2.45, 2.75) is 38.1 Å². The molecule has 0 radical (unpaired) electrons. The number of ether oxygens (including phenoxy) is 1. The van der Waals surface area contributed by atoms with Crippen molar-refractivity contribution in [3.8, 4) is 17.4 Å². The number of hydrogen-bond donors (Lipinski definition) is 0. The van der Waals surface area contributed by atoms with Gasteiger partial charge < -0.3 is 14.2 Å². The molecule has 4 heterocycles. The molecule has 0 N–H and O–H groups in total. The molecule has 1 aliphatic heterocycles. The molecule has 1 atom stereocenters. The van der Waals surface area contributed by atoms with Gasteiger partial charge in [-0.3, -0.25) is 9.78 Å². The van der Waals surface area contributed by atoms with Gasteiger partial charge in [-0.15, -0.1) is 0 Å². The van der Waals surface area contributed by atoms with Crippen molar-refractivity contribution in [1.82, 2.24) is 25.0 Å². The molecule has 8 heteroatoms. The number of carbonyl (C=O) groups is 1. The number of rotatable bonds is 4. The maximum Gasteiger partial charge on any atom is 0.260 e. The molecule has 5 rings (SSSR count). The second-order valence-corrected chi connectivity index (χ2v) is 7.33. The fourth-order valence-corrected chi connectivity index (χ4v) is 4.15. The molecule has 3 aromatic rings. The third-order valence-corrected chi connectivity index (χ3v) is 5.57. The van der Waals surface area contributed by atoms with E-state index in [4.69, 9.17) is 9.26 Å². The standard InChI is InChI=1S/C21H21N5O3/c1-28-19-14(12-13-6-4-8-15(13)23-19)21(27)26-11-5-9-17(26)20-24-18(25-29-20)16-7-2-3-10-22-16/h2-3,7,10,12,17H,4-6,8-9,11H2,1H3/t17-/m0/s1. The molecule has 1 fully saturated rings. The minimum absolute atomic E-state index is 0.107. The van der Waals surface area contributed by atoms with E-state index in [1.165, 1.54) is 0 Å². The lowest BCUT2D eigenvalue weighted by atomic mass is 10.1. The fraction of sp³-hybridized carbons (Fsp3) is 0.381. The number of nitrogens with zero attached hydrogens (tertiary/aromatic N) is 5. The average Bonchev–Trinajstić information content (AvgIpc) is 3.52. The van der Waals surface area contributed by atoms with Crippen LogP contribution in [0.1, 0.15) is 52.8 Å². The second kappa shape index (κ2) is 7.27. The quantitative estimate of drug-likeness (QED) is 0.675. The van der Waals surface area contributed by atoms with Gasteiger partial charge in [0.2, 0.25) is 17.6 Å². The highest BCUT2D eigenvalue weighted by molar-refractivity contribution is 5.97. The van der Waals surface area contributed by atoms with Gasteiger partial charge in [0.25, 0.3) is 5.91 Å². The van der Waals surface area contributed by atoms with Crippen LogP contribution in [0.4, 0.5) is 0 Å². The van der Waals surface area contributed by atoms with Crippen LogP contribution in [0, 0.1) is 0 Å². The predicted molar refractivity (Wildman–Crippen MR) is 103 cm³/mol. The van der Waals surface area contributed by atoms with Crippen LogP contribution in [0.15, 0.2) is 35.0 Å². The molecular formula is C21H21N5O3. The molecule has 0 saturated carbocycles. The summed E-state index contributed by atoms with van der Waals surface area (Å²) in [6.45, 7) is 0.630. The molecule has 148 valence electrons. The Morgan fingerprint density at radius 1 is 1.24 bits per heavy atom. The Labute approximate surface area is 167 Å². The highest BCUT2D eigenvalue weighted by Gasteiger charge is 2.36. The summed E-state index contributed by atoms with van der Waals surface area (Å²) in [7, 11) is 1.55. The third-order valence-electron chi connectivity index (χ3n) is 5.57. The number of hydrogen-bond acceptors (Lipinski definition) is 7. The minimum atomic E-state index is -0.259. The van der Waals surface area contributed by atoms with E-state index in [1.807, 2.05) is 24.3 Å². The lowest BCUT2D eigenvalue weighted by molar-refractivity contribution is 0.0705. The Hall–Kier alpha value is -3.29. The molecule has 0 spiro atoms. The number of methoxy groups -OCH3 is 1. The SMILES string of the molecule is COc1nc2c(cc1C(=O)N1CCC[C@H]1c1nc(-c3ccccn3)no1)CCC2. The summed E-state index contributed by atoms with van der Waals surface area (Å²) in [4.78, 5) is 28.5. The van der Waals surface area contributed by atoms with E-state index < -0.39 is 0 Å². The van der Waals surface area contributed by atoms with Gasteiger partial charge in [-0.05, 0) is 55.9 Å². The molecule has 0 unspecified atom stereocenters. The Bertz CT molecular complexity index is 1050. The van der Waals surface area contributed by atoms with E-state index in [9.17, 15) is 4.79 Å². The van der Waals surface area contributed by atoms with Crippen LogP contribution in [0.2, 0.25) is 0 Å². The summed E-state index contributed by atoms with van der Waals surface area (Å²) in [6, 6.07) is 7.22. The van der Waals surface area contributed by atoms with Gasteiger partial charge in [0, 0.05) is 18.4 Å². The lowest BCUT2D eigenvalue weighted by Gasteiger charge is -2.23. The maximum absolute atomic E-state index is 13.4. The van der Waals surface area contributed by atoms with E-state index >= 15 is 0 Å². The van der Waals surface area contributed by atoms with Crippen LogP contribution in [-0.2, 0) is 12.8 Å². The summed E-state index contributed by atoms with van der Waals surface area (Å²) in [5.74, 6) is 1.14. The minimum Gasteiger partial charge on any atom is -0.480 e. The van der Waals surface area contributed by atoms with Gasteiger partial charge in [-0.25, -0.2) is 4.98 Å². The number of aromatic nitrogens is 4. The Balaban J connectivity index is 1.44. The highest BCUT2D eigenvalue weighted by atomic mass is 16.5. The number of likely N-dealkylation sites (tertiary alicyclic amines) is 1. The second-order valence-electron chi connectivity index (χ2n) is 7.33. The number of amides is 1. The molecule has 0 aromatic carbocycles. The van der Waals surface area contributed by atoms with Crippen molar-refractivity contribution in [3.63, 3.8) is 0 Å². The van der Waals surface area contributed by atoms with Crippen molar-refractivity contribution in [2.75, 3.05) is 13.7 Å². The van der Waals surface area contributed by atoms with E-state index in [-0.39, 0.29) is 11.9 Å². The normalized spacial score (nSPS) is 18.1. The van der Waals surface area contributed by atoms with Crippen LogP contribution in [0.3, 0.4) is 0 Å². The van der Waals surface area contributed by atoms with Crippen molar-refractivity contribution >= 4 is 5.91 Å². The molecule has 8 nitrogen and oxygen atoms in total. The summed E-state index contributed by atoms with van der Waals surface area (Å²) in [5.41, 5.74) is 3.32. The number of aryl methyl sites for hydroxylation is 2.